The molecule has 1 saturated heterocycles. The lowest BCUT2D eigenvalue weighted by molar-refractivity contribution is -0.917. The summed E-state index contributed by atoms with van der Waals surface area (Å²) in [5.74, 6) is 0.0281. The average molecular weight is 413 g/mol. The summed E-state index contributed by atoms with van der Waals surface area (Å²) in [6.07, 6.45) is 0. The molecule has 30 heavy (non-hydrogen) atoms. The van der Waals surface area contributed by atoms with E-state index in [1.165, 1.54) is 25.3 Å². The fourth-order valence-corrected chi connectivity index (χ4v) is 3.52. The number of methoxy groups -OCH3 is 1. The number of nitrogens with one attached hydrogen (secondary N) is 2. The molecule has 1 atom stereocenters. The van der Waals surface area contributed by atoms with E-state index in [-0.39, 0.29) is 29.3 Å². The zero-order valence-electron chi connectivity index (χ0n) is 17.0. The van der Waals surface area contributed by atoms with Crippen molar-refractivity contribution in [3.63, 3.8) is 0 Å². The minimum Gasteiger partial charge on any atom is -0.494 e. The van der Waals surface area contributed by atoms with Crippen LogP contribution in [0.2, 0.25) is 0 Å². The Balaban J connectivity index is 1.59. The Morgan fingerprint density at radius 3 is 2.43 bits per heavy atom. The van der Waals surface area contributed by atoms with E-state index < -0.39 is 4.92 Å². The van der Waals surface area contributed by atoms with Gasteiger partial charge in [-0.05, 0) is 25.1 Å². The smallest absolute Gasteiger partial charge is 0.282 e. The summed E-state index contributed by atoms with van der Waals surface area (Å²) in [7, 11) is 1.40. The quantitative estimate of drug-likeness (QED) is 0.542. The largest absolute Gasteiger partial charge is 0.494 e. The third-order valence-corrected chi connectivity index (χ3v) is 5.37. The Hall–Kier alpha value is -3.46. The van der Waals surface area contributed by atoms with Gasteiger partial charge in [0.05, 0.1) is 50.0 Å². The number of anilines is 1. The van der Waals surface area contributed by atoms with Gasteiger partial charge in [-0.25, -0.2) is 0 Å². The van der Waals surface area contributed by atoms with E-state index in [1.54, 1.807) is 12.1 Å². The normalized spacial score (nSPS) is 15.3. The average Bonchev–Trinajstić information content (AvgIpc) is 2.78. The van der Waals surface area contributed by atoms with Crippen LogP contribution in [-0.2, 0) is 4.79 Å². The van der Waals surface area contributed by atoms with Crippen molar-refractivity contribution in [3.8, 4) is 5.75 Å². The van der Waals surface area contributed by atoms with Crippen LogP contribution in [0, 0.1) is 10.1 Å². The van der Waals surface area contributed by atoms with Crippen LogP contribution in [0.1, 0.15) is 17.3 Å². The summed E-state index contributed by atoms with van der Waals surface area (Å²) in [5, 5.41) is 13.7. The molecule has 1 fully saturated rings. The zero-order valence-corrected chi connectivity index (χ0v) is 17.0. The number of quaternary nitrogens is 1. The fraction of sp³-hybridized carbons (Fsp3) is 0.333. The summed E-state index contributed by atoms with van der Waals surface area (Å²) in [4.78, 5) is 38.6. The van der Waals surface area contributed by atoms with Crippen LogP contribution >= 0.6 is 0 Å². The molecule has 2 amide bonds. The molecular weight excluding hydrogens is 388 g/mol. The first-order chi connectivity index (χ1) is 14.4. The van der Waals surface area contributed by atoms with Gasteiger partial charge in [-0.2, -0.15) is 0 Å². The number of nitro benzene ring substituents is 1. The topological polar surface area (TPSA) is 106 Å². The third kappa shape index (κ3) is 4.74. The Kier molecular flexibility index (Phi) is 6.63. The van der Waals surface area contributed by atoms with E-state index in [1.807, 2.05) is 30.0 Å². The summed E-state index contributed by atoms with van der Waals surface area (Å²) >= 11 is 0. The first kappa shape index (κ1) is 21.3. The van der Waals surface area contributed by atoms with Gasteiger partial charge in [0.15, 0.2) is 6.04 Å². The second kappa shape index (κ2) is 9.36. The summed E-state index contributed by atoms with van der Waals surface area (Å²) in [5.41, 5.74) is 0.942. The second-order valence-corrected chi connectivity index (χ2v) is 7.17. The monoisotopic (exact) mass is 413 g/mol. The summed E-state index contributed by atoms with van der Waals surface area (Å²) in [6, 6.07) is 12.9. The molecule has 2 aromatic carbocycles. The van der Waals surface area contributed by atoms with Gasteiger partial charge in [0.25, 0.3) is 17.5 Å². The molecule has 158 valence electrons. The van der Waals surface area contributed by atoms with Crippen molar-refractivity contribution < 1.29 is 24.1 Å². The van der Waals surface area contributed by atoms with Gasteiger partial charge >= 0.3 is 0 Å². The number of rotatable bonds is 6. The maximum Gasteiger partial charge on any atom is 0.282 e. The Labute approximate surface area is 174 Å². The van der Waals surface area contributed by atoms with Crippen LogP contribution in [0.4, 0.5) is 11.4 Å². The molecule has 0 bridgehead atoms. The lowest BCUT2D eigenvalue weighted by atomic mass is 10.1. The Morgan fingerprint density at radius 2 is 1.83 bits per heavy atom. The van der Waals surface area contributed by atoms with Crippen molar-refractivity contribution in [2.45, 2.75) is 13.0 Å². The number of nitro groups is 1. The molecule has 9 nitrogen and oxygen atoms in total. The molecule has 3 rings (SSSR count). The van der Waals surface area contributed by atoms with Gasteiger partial charge in [-0.15, -0.1) is 0 Å². The van der Waals surface area contributed by atoms with Crippen molar-refractivity contribution in [2.75, 3.05) is 38.6 Å². The van der Waals surface area contributed by atoms with E-state index in [0.717, 1.165) is 4.90 Å². The Morgan fingerprint density at radius 1 is 1.17 bits per heavy atom. The highest BCUT2D eigenvalue weighted by molar-refractivity contribution is 5.95. The molecule has 0 spiro atoms. The van der Waals surface area contributed by atoms with E-state index >= 15 is 0 Å². The molecule has 2 aromatic rings. The van der Waals surface area contributed by atoms with Crippen molar-refractivity contribution in [1.29, 1.82) is 0 Å². The van der Waals surface area contributed by atoms with E-state index in [0.29, 0.717) is 37.4 Å². The number of benzene rings is 2. The molecular formula is C21H25N4O5+. The van der Waals surface area contributed by atoms with E-state index in [4.69, 9.17) is 4.74 Å². The van der Waals surface area contributed by atoms with Gasteiger partial charge in [-0.1, -0.05) is 18.2 Å². The lowest BCUT2D eigenvalue weighted by Crippen LogP contribution is -3.19. The molecule has 0 unspecified atom stereocenters. The Bertz CT molecular complexity index is 926. The number of hydrogen-bond donors (Lipinski definition) is 2. The molecule has 9 heteroatoms. The number of ether oxygens (including phenoxy) is 1. The number of hydrogen-bond acceptors (Lipinski definition) is 5. The van der Waals surface area contributed by atoms with Crippen molar-refractivity contribution >= 4 is 23.2 Å². The summed E-state index contributed by atoms with van der Waals surface area (Å²) in [6.45, 7) is 4.29. The van der Waals surface area contributed by atoms with E-state index in [9.17, 15) is 19.7 Å². The van der Waals surface area contributed by atoms with Crippen LogP contribution in [0.5, 0.6) is 5.75 Å². The number of carbonyl (C=O) groups excluding carboxylic acids is 2. The van der Waals surface area contributed by atoms with Gasteiger partial charge < -0.3 is 19.9 Å². The van der Waals surface area contributed by atoms with Gasteiger partial charge in [0, 0.05) is 11.6 Å². The molecule has 0 aromatic heterocycles. The first-order valence-electron chi connectivity index (χ1n) is 9.73. The van der Waals surface area contributed by atoms with Crippen molar-refractivity contribution in [1.82, 2.24) is 4.90 Å². The van der Waals surface area contributed by atoms with Gasteiger partial charge in [0.1, 0.15) is 5.75 Å². The lowest BCUT2D eigenvalue weighted by Gasteiger charge is -2.34. The second-order valence-electron chi connectivity index (χ2n) is 7.17. The summed E-state index contributed by atoms with van der Waals surface area (Å²) < 4.78 is 5.17. The highest BCUT2D eigenvalue weighted by Crippen LogP contribution is 2.29. The van der Waals surface area contributed by atoms with Crippen LogP contribution in [0.3, 0.4) is 0 Å². The van der Waals surface area contributed by atoms with Crippen LogP contribution in [0.25, 0.3) is 0 Å². The van der Waals surface area contributed by atoms with Gasteiger partial charge in [0.2, 0.25) is 0 Å². The number of piperazine rings is 1. The SMILES string of the molecule is COc1cc([N+](=O)[O-])ccc1NC(=O)[C@H](C)[NH+]1CCN(C(=O)c2ccccc2)CC1. The van der Waals surface area contributed by atoms with Crippen molar-refractivity contribution in [3.05, 3.63) is 64.2 Å². The number of nitrogens with zero attached hydrogens (tertiary/aromatic N) is 2. The first-order valence-corrected chi connectivity index (χ1v) is 9.73. The third-order valence-electron chi connectivity index (χ3n) is 5.37. The molecule has 0 radical (unpaired) electrons. The van der Waals surface area contributed by atoms with Crippen LogP contribution < -0.4 is 15.0 Å². The molecule has 1 aliphatic rings. The predicted molar refractivity (Wildman–Crippen MR) is 111 cm³/mol. The predicted octanol–water partition coefficient (Wildman–Crippen LogP) is 0.971. The number of amides is 2. The fourth-order valence-electron chi connectivity index (χ4n) is 3.52. The molecule has 1 heterocycles. The van der Waals surface area contributed by atoms with E-state index in [2.05, 4.69) is 5.32 Å². The molecule has 2 N–H and O–H groups in total. The minimum atomic E-state index is -0.517. The number of non-ortho nitro benzene ring substituents is 1. The van der Waals surface area contributed by atoms with Crippen molar-refractivity contribution in [2.24, 2.45) is 0 Å². The molecule has 1 aliphatic heterocycles. The molecule has 0 aliphatic carbocycles. The van der Waals surface area contributed by atoms with Crippen LogP contribution in [0.15, 0.2) is 48.5 Å². The maximum atomic E-state index is 12.7. The maximum absolute atomic E-state index is 12.7. The standard InChI is InChI=1S/C21H24N4O5/c1-15(20(26)22-18-9-8-17(25(28)29)14-19(18)30-2)23-10-12-24(13-11-23)21(27)16-6-4-3-5-7-16/h3-9,14-15H,10-13H2,1-2H3,(H,22,26)/p+1/t15-/m0/s1. The van der Waals surface area contributed by atoms with Gasteiger partial charge in [-0.3, -0.25) is 19.7 Å². The molecule has 0 saturated carbocycles. The minimum absolute atomic E-state index is 0.00220. The highest BCUT2D eigenvalue weighted by Gasteiger charge is 2.31. The zero-order chi connectivity index (χ0) is 21.7. The van der Waals surface area contributed by atoms with Crippen LogP contribution in [-0.4, -0.2) is 61.0 Å². The number of carbonyl (C=O) groups is 2. The highest BCUT2D eigenvalue weighted by atomic mass is 16.6.